The van der Waals surface area contributed by atoms with Gasteiger partial charge in [0.25, 0.3) is 5.91 Å². The summed E-state index contributed by atoms with van der Waals surface area (Å²) in [5.41, 5.74) is 8.18. The maximum atomic E-state index is 13.1. The van der Waals surface area contributed by atoms with Crippen LogP contribution in [0, 0.1) is 6.92 Å². The van der Waals surface area contributed by atoms with E-state index in [0.29, 0.717) is 11.5 Å². The lowest BCUT2D eigenvalue weighted by molar-refractivity contribution is 0.0956. The number of nitrogens with one attached hydrogen (secondary N) is 1. The molecule has 0 aliphatic heterocycles. The van der Waals surface area contributed by atoms with Crippen molar-refractivity contribution >= 4 is 34.4 Å². The number of aryl methyl sites for hydroxylation is 2. The van der Waals surface area contributed by atoms with Crippen molar-refractivity contribution in [2.75, 3.05) is 0 Å². The number of thiophene rings is 1. The van der Waals surface area contributed by atoms with E-state index < -0.39 is 0 Å². The van der Waals surface area contributed by atoms with Crippen LogP contribution in [0.25, 0.3) is 22.2 Å². The Labute approximate surface area is 193 Å². The van der Waals surface area contributed by atoms with Gasteiger partial charge < -0.3 is 0 Å². The van der Waals surface area contributed by atoms with Crippen molar-refractivity contribution in [3.8, 4) is 11.3 Å². The van der Waals surface area contributed by atoms with Gasteiger partial charge >= 0.3 is 0 Å². The third-order valence-corrected chi connectivity index (χ3v) is 6.63. The second kappa shape index (κ2) is 9.45. The number of hydrogen-bond donors (Lipinski definition) is 1. The van der Waals surface area contributed by atoms with Gasteiger partial charge in [-0.2, -0.15) is 5.10 Å². The highest BCUT2D eigenvalue weighted by atomic mass is 32.1. The van der Waals surface area contributed by atoms with Crippen LogP contribution in [0.15, 0.2) is 65.8 Å². The molecule has 1 amide bonds. The average molecular weight is 442 g/mol. The number of amides is 1. The Bertz CT molecular complexity index is 1290. The average Bonchev–Trinajstić information content (AvgIpc) is 3.26. The summed E-state index contributed by atoms with van der Waals surface area (Å²) in [6.45, 7) is 8.49. The Morgan fingerprint density at radius 1 is 1.09 bits per heavy atom. The van der Waals surface area contributed by atoms with E-state index in [-0.39, 0.29) is 5.91 Å². The fourth-order valence-electron chi connectivity index (χ4n) is 3.58. The molecule has 162 valence electrons. The van der Waals surface area contributed by atoms with Crippen LogP contribution in [-0.4, -0.2) is 17.1 Å². The largest absolute Gasteiger partial charge is 0.272 e. The Morgan fingerprint density at radius 3 is 2.56 bits per heavy atom. The lowest BCUT2D eigenvalue weighted by atomic mass is 9.99. The second-order valence-electron chi connectivity index (χ2n) is 8.21. The van der Waals surface area contributed by atoms with E-state index in [2.05, 4.69) is 61.6 Å². The van der Waals surface area contributed by atoms with E-state index in [9.17, 15) is 4.79 Å². The third kappa shape index (κ3) is 4.78. The molecule has 4 aromatic rings. The minimum atomic E-state index is -0.244. The minimum Gasteiger partial charge on any atom is -0.267 e. The summed E-state index contributed by atoms with van der Waals surface area (Å²) in [5, 5.41) is 5.02. The molecule has 5 heteroatoms. The molecule has 0 radical (unpaired) electrons. The lowest BCUT2D eigenvalue weighted by Crippen LogP contribution is -2.18. The predicted molar refractivity (Wildman–Crippen MR) is 135 cm³/mol. The van der Waals surface area contributed by atoms with Gasteiger partial charge in [0, 0.05) is 20.7 Å². The van der Waals surface area contributed by atoms with Gasteiger partial charge in [-0.1, -0.05) is 56.7 Å². The molecule has 0 aliphatic carbocycles. The maximum Gasteiger partial charge on any atom is 0.272 e. The molecule has 0 saturated carbocycles. The van der Waals surface area contributed by atoms with Crippen molar-refractivity contribution in [3.63, 3.8) is 0 Å². The zero-order valence-electron chi connectivity index (χ0n) is 18.8. The number of nitrogens with zero attached hydrogens (tertiary/aromatic N) is 2. The van der Waals surface area contributed by atoms with Crippen LogP contribution in [-0.2, 0) is 6.42 Å². The molecule has 0 spiro atoms. The third-order valence-electron chi connectivity index (χ3n) is 5.47. The summed E-state index contributed by atoms with van der Waals surface area (Å²) < 4.78 is 0. The number of rotatable bonds is 6. The molecule has 0 fully saturated rings. The second-order valence-corrected chi connectivity index (χ2v) is 9.41. The highest BCUT2D eigenvalue weighted by molar-refractivity contribution is 7.13. The van der Waals surface area contributed by atoms with E-state index >= 15 is 0 Å². The topological polar surface area (TPSA) is 54.4 Å². The van der Waals surface area contributed by atoms with Crippen LogP contribution < -0.4 is 5.43 Å². The SMILES string of the molecule is CCc1ccc(/C=N/NC(=O)c2cc(-c3ccc(C(C)C)cc3)nc3ccc(C)cc23)s1. The standard InChI is InChI=1S/C27H27N3OS/c1-5-21-11-12-22(32-21)16-28-30-27(31)24-15-26(20-9-7-19(8-10-20)17(2)3)29-25-13-6-18(4)14-23(24)25/h6-17H,5H2,1-4H3,(H,30,31)/b28-16+. The highest BCUT2D eigenvalue weighted by Crippen LogP contribution is 2.27. The molecule has 4 rings (SSSR count). The number of hydrogen-bond acceptors (Lipinski definition) is 4. The van der Waals surface area contributed by atoms with Crippen molar-refractivity contribution in [2.45, 2.75) is 40.0 Å². The molecule has 1 N–H and O–H groups in total. The number of hydrazone groups is 1. The Balaban J connectivity index is 1.68. The minimum absolute atomic E-state index is 0.244. The van der Waals surface area contributed by atoms with E-state index in [1.807, 2.05) is 37.3 Å². The summed E-state index contributed by atoms with van der Waals surface area (Å²) in [4.78, 5) is 20.2. The van der Waals surface area contributed by atoms with Crippen LogP contribution in [0.3, 0.4) is 0 Å². The molecule has 0 aliphatic rings. The smallest absolute Gasteiger partial charge is 0.267 e. The molecule has 4 nitrogen and oxygen atoms in total. The van der Waals surface area contributed by atoms with Gasteiger partial charge in [0.15, 0.2) is 0 Å². The van der Waals surface area contributed by atoms with Crippen LogP contribution in [0.2, 0.25) is 0 Å². The van der Waals surface area contributed by atoms with Crippen molar-refractivity contribution in [1.82, 2.24) is 10.4 Å². The normalized spacial score (nSPS) is 11.5. The van der Waals surface area contributed by atoms with Gasteiger partial charge in [-0.05, 0) is 55.2 Å². The molecular weight excluding hydrogens is 414 g/mol. The van der Waals surface area contributed by atoms with Gasteiger partial charge in [0.05, 0.1) is 23.0 Å². The molecular formula is C27H27N3OS. The first-order valence-corrected chi connectivity index (χ1v) is 11.7. The van der Waals surface area contributed by atoms with Crippen molar-refractivity contribution in [1.29, 1.82) is 0 Å². The van der Waals surface area contributed by atoms with Gasteiger partial charge in [-0.25, -0.2) is 10.4 Å². The zero-order valence-corrected chi connectivity index (χ0v) is 19.7. The maximum absolute atomic E-state index is 13.1. The molecule has 0 saturated heterocycles. The van der Waals surface area contributed by atoms with E-state index in [4.69, 9.17) is 4.98 Å². The summed E-state index contributed by atoms with van der Waals surface area (Å²) in [5.74, 6) is 0.221. The highest BCUT2D eigenvalue weighted by Gasteiger charge is 2.14. The van der Waals surface area contributed by atoms with Crippen molar-refractivity contribution in [2.24, 2.45) is 5.10 Å². The number of aromatic nitrogens is 1. The first-order valence-electron chi connectivity index (χ1n) is 10.9. The Kier molecular flexibility index (Phi) is 6.47. The fraction of sp³-hybridized carbons (Fsp3) is 0.222. The number of benzene rings is 2. The summed E-state index contributed by atoms with van der Waals surface area (Å²) >= 11 is 1.68. The number of carbonyl (C=O) groups excluding carboxylic acids is 1. The molecule has 0 unspecified atom stereocenters. The lowest BCUT2D eigenvalue weighted by Gasteiger charge is -2.11. The molecule has 2 heterocycles. The van der Waals surface area contributed by atoms with Crippen LogP contribution in [0.5, 0.6) is 0 Å². The van der Waals surface area contributed by atoms with E-state index in [0.717, 1.165) is 39.0 Å². The summed E-state index contributed by atoms with van der Waals surface area (Å²) in [6, 6.07) is 20.3. The molecule has 0 bridgehead atoms. The molecule has 0 atom stereocenters. The number of carbonyl (C=O) groups is 1. The zero-order chi connectivity index (χ0) is 22.7. The van der Waals surface area contributed by atoms with Crippen LogP contribution in [0.1, 0.15) is 57.9 Å². The first kappa shape index (κ1) is 21.9. The fourth-order valence-corrected chi connectivity index (χ4v) is 4.41. The predicted octanol–water partition coefficient (Wildman–Crippen LogP) is 6.72. The number of pyridine rings is 1. The summed E-state index contributed by atoms with van der Waals surface area (Å²) in [6.07, 6.45) is 2.69. The van der Waals surface area contributed by atoms with Gasteiger partial charge in [-0.15, -0.1) is 11.3 Å². The Hall–Kier alpha value is -3.31. The molecule has 2 aromatic heterocycles. The van der Waals surface area contributed by atoms with E-state index in [1.54, 1.807) is 17.6 Å². The van der Waals surface area contributed by atoms with Gasteiger partial charge in [-0.3, -0.25) is 4.79 Å². The molecule has 2 aromatic carbocycles. The Morgan fingerprint density at radius 2 is 1.88 bits per heavy atom. The van der Waals surface area contributed by atoms with Gasteiger partial charge in [0.2, 0.25) is 0 Å². The number of fused-ring (bicyclic) bond motifs is 1. The quantitative estimate of drug-likeness (QED) is 0.267. The molecule has 32 heavy (non-hydrogen) atoms. The first-order chi connectivity index (χ1) is 15.4. The van der Waals surface area contributed by atoms with Gasteiger partial charge in [0.1, 0.15) is 0 Å². The van der Waals surface area contributed by atoms with Crippen LogP contribution >= 0.6 is 11.3 Å². The van der Waals surface area contributed by atoms with E-state index in [1.165, 1.54) is 10.4 Å². The van der Waals surface area contributed by atoms with Crippen LogP contribution in [0.4, 0.5) is 0 Å². The summed E-state index contributed by atoms with van der Waals surface area (Å²) in [7, 11) is 0. The van der Waals surface area contributed by atoms with Crippen molar-refractivity contribution < 1.29 is 4.79 Å². The van der Waals surface area contributed by atoms with Crippen molar-refractivity contribution in [3.05, 3.63) is 87.1 Å². The monoisotopic (exact) mass is 441 g/mol.